The Hall–Kier alpha value is -3.06. The number of nitrogens with zero attached hydrogens (tertiary/aromatic N) is 1. The molecule has 3 rings (SSSR count). The smallest absolute Gasteiger partial charge is 0.338 e. The number of benzene rings is 2. The first-order chi connectivity index (χ1) is 15.8. The third-order valence-electron chi connectivity index (χ3n) is 5.67. The van der Waals surface area contributed by atoms with Crippen LogP contribution < -0.4 is 10.1 Å². The number of carbonyl (C=O) groups is 3. The molecule has 1 saturated heterocycles. The van der Waals surface area contributed by atoms with Gasteiger partial charge in [-0.15, -0.1) is 0 Å². The van der Waals surface area contributed by atoms with E-state index in [9.17, 15) is 14.4 Å². The summed E-state index contributed by atoms with van der Waals surface area (Å²) in [7, 11) is 0. The standard InChI is InChI=1S/C25H29ClN2O5/c1-17-4-3-5-18(2)28(17)24(30)16-32-22-12-8-20(9-13-22)25(31)33-15-23(29)27-14-19-6-10-21(26)11-7-19/h6-13,17-18H,3-5,14-16H2,1-2H3,(H,27,29). The van der Waals surface area contributed by atoms with Gasteiger partial charge in [0.15, 0.2) is 13.2 Å². The van der Waals surface area contributed by atoms with Crippen molar-refractivity contribution in [2.75, 3.05) is 13.2 Å². The number of hydrogen-bond donors (Lipinski definition) is 1. The Morgan fingerprint density at radius 1 is 0.970 bits per heavy atom. The van der Waals surface area contributed by atoms with Gasteiger partial charge in [-0.1, -0.05) is 23.7 Å². The van der Waals surface area contributed by atoms with E-state index in [0.29, 0.717) is 17.3 Å². The van der Waals surface area contributed by atoms with Gasteiger partial charge in [-0.25, -0.2) is 4.79 Å². The molecule has 0 saturated carbocycles. The minimum Gasteiger partial charge on any atom is -0.484 e. The van der Waals surface area contributed by atoms with Crippen LogP contribution in [0.2, 0.25) is 5.02 Å². The monoisotopic (exact) mass is 472 g/mol. The van der Waals surface area contributed by atoms with Crippen molar-refractivity contribution in [3.8, 4) is 5.75 Å². The highest BCUT2D eigenvalue weighted by Gasteiger charge is 2.29. The lowest BCUT2D eigenvalue weighted by Gasteiger charge is -2.38. The van der Waals surface area contributed by atoms with E-state index in [1.807, 2.05) is 4.90 Å². The summed E-state index contributed by atoms with van der Waals surface area (Å²) < 4.78 is 10.7. The Bertz CT molecular complexity index is 952. The minimum absolute atomic E-state index is 0.0391. The van der Waals surface area contributed by atoms with E-state index < -0.39 is 11.9 Å². The largest absolute Gasteiger partial charge is 0.484 e. The van der Waals surface area contributed by atoms with E-state index in [-0.39, 0.29) is 36.8 Å². The molecule has 33 heavy (non-hydrogen) atoms. The lowest BCUT2D eigenvalue weighted by atomic mass is 9.97. The number of piperidine rings is 1. The zero-order valence-electron chi connectivity index (χ0n) is 18.9. The first kappa shape index (κ1) is 24.6. The highest BCUT2D eigenvalue weighted by atomic mass is 35.5. The maximum Gasteiger partial charge on any atom is 0.338 e. The number of esters is 1. The molecule has 1 N–H and O–H groups in total. The molecule has 1 aliphatic rings. The fraction of sp³-hybridized carbons (Fsp3) is 0.400. The first-order valence-corrected chi connectivity index (χ1v) is 11.4. The maximum atomic E-state index is 12.6. The van der Waals surface area contributed by atoms with E-state index in [4.69, 9.17) is 21.1 Å². The average Bonchev–Trinajstić information content (AvgIpc) is 2.81. The normalized spacial score (nSPS) is 17.8. The molecule has 1 heterocycles. The van der Waals surface area contributed by atoms with Gasteiger partial charge in [0.2, 0.25) is 0 Å². The van der Waals surface area contributed by atoms with Gasteiger partial charge in [-0.2, -0.15) is 0 Å². The van der Waals surface area contributed by atoms with Crippen molar-refractivity contribution in [3.05, 3.63) is 64.7 Å². The molecular formula is C25H29ClN2O5. The van der Waals surface area contributed by atoms with E-state index in [2.05, 4.69) is 19.2 Å². The number of nitrogens with one attached hydrogen (secondary N) is 1. The van der Waals surface area contributed by atoms with Crippen molar-refractivity contribution >= 4 is 29.4 Å². The molecular weight excluding hydrogens is 444 g/mol. The Kier molecular flexibility index (Phi) is 8.72. The minimum atomic E-state index is -0.616. The summed E-state index contributed by atoms with van der Waals surface area (Å²) in [6.07, 6.45) is 3.15. The first-order valence-electron chi connectivity index (χ1n) is 11.1. The van der Waals surface area contributed by atoms with Crippen molar-refractivity contribution in [2.24, 2.45) is 0 Å². The van der Waals surface area contributed by atoms with Crippen molar-refractivity contribution in [1.82, 2.24) is 10.2 Å². The summed E-state index contributed by atoms with van der Waals surface area (Å²) >= 11 is 5.83. The second-order valence-corrected chi connectivity index (χ2v) is 8.66. The van der Waals surface area contributed by atoms with Crippen LogP contribution in [0.1, 0.15) is 49.0 Å². The zero-order valence-corrected chi connectivity index (χ0v) is 19.6. The summed E-state index contributed by atoms with van der Waals surface area (Å²) in [5.74, 6) is -0.575. The Morgan fingerprint density at radius 3 is 2.24 bits per heavy atom. The topological polar surface area (TPSA) is 84.9 Å². The van der Waals surface area contributed by atoms with Crippen molar-refractivity contribution in [3.63, 3.8) is 0 Å². The number of hydrogen-bond acceptors (Lipinski definition) is 5. The van der Waals surface area contributed by atoms with Crippen LogP contribution in [0.15, 0.2) is 48.5 Å². The summed E-state index contributed by atoms with van der Waals surface area (Å²) in [5, 5.41) is 3.30. The third kappa shape index (κ3) is 7.22. The van der Waals surface area contributed by atoms with Gasteiger partial charge in [0.1, 0.15) is 5.75 Å². The van der Waals surface area contributed by atoms with Gasteiger partial charge in [0.25, 0.3) is 11.8 Å². The van der Waals surface area contributed by atoms with Gasteiger partial charge in [0, 0.05) is 23.7 Å². The summed E-state index contributed by atoms with van der Waals surface area (Å²) in [6, 6.07) is 13.8. The Balaban J connectivity index is 1.41. The number of carbonyl (C=O) groups excluding carboxylic acids is 3. The number of halogens is 1. The van der Waals surface area contributed by atoms with Gasteiger partial charge >= 0.3 is 5.97 Å². The number of rotatable bonds is 8. The molecule has 0 bridgehead atoms. The van der Waals surface area contributed by atoms with Crippen LogP contribution in [-0.2, 0) is 20.9 Å². The highest BCUT2D eigenvalue weighted by molar-refractivity contribution is 6.30. The molecule has 2 aromatic rings. The fourth-order valence-electron chi connectivity index (χ4n) is 3.89. The Morgan fingerprint density at radius 2 is 1.61 bits per heavy atom. The number of likely N-dealkylation sites (tertiary alicyclic amines) is 1. The van der Waals surface area contributed by atoms with E-state index in [1.54, 1.807) is 48.5 Å². The number of ether oxygens (including phenoxy) is 2. The fourth-order valence-corrected chi connectivity index (χ4v) is 4.01. The molecule has 7 nitrogen and oxygen atoms in total. The van der Waals surface area contributed by atoms with E-state index >= 15 is 0 Å². The quantitative estimate of drug-likeness (QED) is 0.587. The molecule has 0 spiro atoms. The van der Waals surface area contributed by atoms with Crippen LogP contribution in [0.25, 0.3) is 0 Å². The van der Waals surface area contributed by atoms with Crippen LogP contribution >= 0.6 is 11.6 Å². The second kappa shape index (κ2) is 11.7. The van der Waals surface area contributed by atoms with Crippen LogP contribution in [-0.4, -0.2) is 48.0 Å². The van der Waals surface area contributed by atoms with Crippen LogP contribution in [0, 0.1) is 0 Å². The molecule has 2 atom stereocenters. The van der Waals surface area contributed by atoms with E-state index in [0.717, 1.165) is 24.8 Å². The predicted molar refractivity (Wildman–Crippen MR) is 125 cm³/mol. The summed E-state index contributed by atoms with van der Waals surface area (Å²) in [4.78, 5) is 38.6. The lowest BCUT2D eigenvalue weighted by molar-refractivity contribution is -0.139. The summed E-state index contributed by atoms with van der Waals surface area (Å²) in [6.45, 7) is 4.00. The molecule has 2 unspecified atom stereocenters. The third-order valence-corrected chi connectivity index (χ3v) is 5.92. The van der Waals surface area contributed by atoms with Crippen LogP contribution in [0.5, 0.6) is 5.75 Å². The Labute approximate surface area is 199 Å². The molecule has 0 aromatic heterocycles. The molecule has 2 amide bonds. The number of amides is 2. The van der Waals surface area contributed by atoms with Gasteiger partial charge in [-0.05, 0) is 75.1 Å². The van der Waals surface area contributed by atoms with Crippen molar-refractivity contribution in [2.45, 2.75) is 51.7 Å². The summed E-state index contributed by atoms with van der Waals surface area (Å²) in [5.41, 5.74) is 1.18. The molecule has 1 aliphatic heterocycles. The van der Waals surface area contributed by atoms with Crippen LogP contribution in [0.4, 0.5) is 0 Å². The van der Waals surface area contributed by atoms with Gasteiger partial charge < -0.3 is 19.7 Å². The molecule has 0 radical (unpaired) electrons. The van der Waals surface area contributed by atoms with Crippen LogP contribution in [0.3, 0.4) is 0 Å². The molecule has 1 fully saturated rings. The highest BCUT2D eigenvalue weighted by Crippen LogP contribution is 2.23. The maximum absolute atomic E-state index is 12.6. The lowest BCUT2D eigenvalue weighted by Crippen LogP contribution is -2.49. The molecule has 2 aromatic carbocycles. The average molecular weight is 473 g/mol. The van der Waals surface area contributed by atoms with Crippen molar-refractivity contribution < 1.29 is 23.9 Å². The molecule has 0 aliphatic carbocycles. The SMILES string of the molecule is CC1CCCC(C)N1C(=O)COc1ccc(C(=O)OCC(=O)NCc2ccc(Cl)cc2)cc1. The van der Waals surface area contributed by atoms with E-state index in [1.165, 1.54) is 0 Å². The van der Waals surface area contributed by atoms with Gasteiger partial charge in [-0.3, -0.25) is 9.59 Å². The predicted octanol–water partition coefficient (Wildman–Crippen LogP) is 3.98. The zero-order chi connectivity index (χ0) is 23.8. The molecule has 8 heteroatoms. The molecule has 176 valence electrons. The van der Waals surface area contributed by atoms with Gasteiger partial charge in [0.05, 0.1) is 5.56 Å². The second-order valence-electron chi connectivity index (χ2n) is 8.22. The van der Waals surface area contributed by atoms with Crippen molar-refractivity contribution in [1.29, 1.82) is 0 Å².